The van der Waals surface area contributed by atoms with E-state index >= 15 is 0 Å². The van der Waals surface area contributed by atoms with Gasteiger partial charge in [0.05, 0.1) is 17.7 Å². The maximum Gasteiger partial charge on any atom is 0.255 e. The number of fused-ring (bicyclic) bond motifs is 1. The van der Waals surface area contributed by atoms with Crippen molar-refractivity contribution in [3.8, 4) is 11.5 Å². The molecule has 2 N–H and O–H groups in total. The molecule has 5 rings (SSSR count). The Hall–Kier alpha value is -4.44. The summed E-state index contributed by atoms with van der Waals surface area (Å²) in [7, 11) is 1.50. The summed E-state index contributed by atoms with van der Waals surface area (Å²) < 4.78 is 27.2. The van der Waals surface area contributed by atoms with Gasteiger partial charge in [-0.2, -0.15) is 4.68 Å². The quantitative estimate of drug-likeness (QED) is 0.332. The smallest absolute Gasteiger partial charge is 0.255 e. The van der Waals surface area contributed by atoms with Crippen molar-refractivity contribution in [3.63, 3.8) is 0 Å². The highest BCUT2D eigenvalue weighted by Gasteiger charge is 2.34. The Morgan fingerprint density at radius 1 is 1.13 bits per heavy atom. The van der Waals surface area contributed by atoms with E-state index in [4.69, 9.17) is 21.1 Å². The second-order valence-electron chi connectivity index (χ2n) is 8.68. The molecular weight excluding hydrogens is 511 g/mol. The van der Waals surface area contributed by atoms with Gasteiger partial charge in [-0.1, -0.05) is 47.0 Å². The molecule has 3 aromatic carbocycles. The number of rotatable bonds is 7. The lowest BCUT2D eigenvalue weighted by Crippen LogP contribution is -2.31. The van der Waals surface area contributed by atoms with Crippen LogP contribution in [0, 0.1) is 12.7 Å². The van der Waals surface area contributed by atoms with Crippen molar-refractivity contribution in [2.75, 3.05) is 17.7 Å². The Morgan fingerprint density at radius 3 is 2.71 bits per heavy atom. The summed E-state index contributed by atoms with van der Waals surface area (Å²) in [5.74, 6) is 0.406. The summed E-state index contributed by atoms with van der Waals surface area (Å²) in [4.78, 5) is 13.6. The number of nitrogens with zero attached hydrogens (tertiary/aromatic N) is 4. The molecule has 38 heavy (non-hydrogen) atoms. The predicted molar refractivity (Wildman–Crippen MR) is 141 cm³/mol. The predicted octanol–water partition coefficient (Wildman–Crippen LogP) is 5.29. The molecule has 0 fully saturated rings. The number of hydrogen-bond acceptors (Lipinski definition) is 7. The average Bonchev–Trinajstić information content (AvgIpc) is 3.37. The third-order valence-electron chi connectivity index (χ3n) is 6.29. The van der Waals surface area contributed by atoms with Gasteiger partial charge in [0.15, 0.2) is 11.5 Å². The number of carbonyl (C=O) groups excluding carboxylic acids is 1. The lowest BCUT2D eigenvalue weighted by molar-refractivity contribution is -0.113. The number of halogens is 2. The highest BCUT2D eigenvalue weighted by Crippen LogP contribution is 2.39. The first-order valence-electron chi connectivity index (χ1n) is 11.7. The largest absolute Gasteiger partial charge is 0.493 e. The molecule has 0 spiro atoms. The summed E-state index contributed by atoms with van der Waals surface area (Å²) in [5, 5.41) is 18.3. The number of carbonyl (C=O) groups is 1. The molecule has 0 radical (unpaired) electrons. The number of nitrogens with one attached hydrogen (secondary N) is 2. The summed E-state index contributed by atoms with van der Waals surface area (Å²) in [6.07, 6.45) is 0. The van der Waals surface area contributed by atoms with Gasteiger partial charge in [0.1, 0.15) is 18.5 Å². The average molecular weight is 535 g/mol. The van der Waals surface area contributed by atoms with Gasteiger partial charge in [-0.25, -0.2) is 4.39 Å². The number of hydrogen-bond donors (Lipinski definition) is 2. The summed E-state index contributed by atoms with van der Waals surface area (Å²) in [6.45, 7) is 3.63. The lowest BCUT2D eigenvalue weighted by atomic mass is 9.94. The fourth-order valence-corrected chi connectivity index (χ4v) is 4.53. The maximum atomic E-state index is 14.2. The fourth-order valence-electron chi connectivity index (χ4n) is 4.31. The number of allylic oxidation sites excluding steroid dienone is 1. The zero-order valence-electron chi connectivity index (χ0n) is 20.8. The summed E-state index contributed by atoms with van der Waals surface area (Å²) in [6, 6.07) is 16.6. The molecule has 0 saturated heterocycles. The summed E-state index contributed by atoms with van der Waals surface area (Å²) in [5.41, 5.74) is 3.60. The van der Waals surface area contributed by atoms with Gasteiger partial charge < -0.3 is 20.1 Å². The van der Waals surface area contributed by atoms with Crippen molar-refractivity contribution >= 4 is 29.1 Å². The van der Waals surface area contributed by atoms with E-state index in [2.05, 4.69) is 26.2 Å². The van der Waals surface area contributed by atoms with Crippen LogP contribution in [0.25, 0.3) is 0 Å². The van der Waals surface area contributed by atoms with Gasteiger partial charge in [0.25, 0.3) is 5.91 Å². The number of para-hydroxylation sites is 1. The van der Waals surface area contributed by atoms with E-state index < -0.39 is 11.9 Å². The van der Waals surface area contributed by atoms with Gasteiger partial charge in [0, 0.05) is 16.9 Å². The van der Waals surface area contributed by atoms with E-state index in [1.54, 1.807) is 31.2 Å². The number of aryl methyl sites for hydroxylation is 1. The third-order valence-corrected chi connectivity index (χ3v) is 6.64. The molecule has 1 amide bonds. The molecule has 0 bridgehead atoms. The van der Waals surface area contributed by atoms with E-state index in [0.29, 0.717) is 40.0 Å². The molecule has 4 aromatic rings. The minimum Gasteiger partial charge on any atom is -0.493 e. The van der Waals surface area contributed by atoms with Gasteiger partial charge in [-0.05, 0) is 65.7 Å². The molecule has 2 heterocycles. The van der Waals surface area contributed by atoms with E-state index in [9.17, 15) is 9.18 Å². The van der Waals surface area contributed by atoms with Crippen LogP contribution in [-0.4, -0.2) is 33.2 Å². The normalized spacial score (nSPS) is 14.5. The van der Waals surface area contributed by atoms with Gasteiger partial charge in [0.2, 0.25) is 5.95 Å². The van der Waals surface area contributed by atoms with Crippen molar-refractivity contribution < 1.29 is 18.7 Å². The van der Waals surface area contributed by atoms with Crippen molar-refractivity contribution in [2.45, 2.75) is 26.5 Å². The van der Waals surface area contributed by atoms with Crippen LogP contribution >= 0.6 is 11.6 Å². The minimum atomic E-state index is -0.658. The molecule has 1 atom stereocenters. The zero-order valence-corrected chi connectivity index (χ0v) is 21.6. The van der Waals surface area contributed by atoms with Gasteiger partial charge in [-0.15, -0.1) is 0 Å². The number of methoxy groups -OCH3 is 1. The second-order valence-corrected chi connectivity index (χ2v) is 9.09. The van der Waals surface area contributed by atoms with Crippen molar-refractivity contribution in [3.05, 3.63) is 99.5 Å². The first-order chi connectivity index (χ1) is 18.4. The molecule has 11 heteroatoms. The number of tetrazole rings is 1. The molecule has 9 nitrogen and oxygen atoms in total. The molecule has 1 aliphatic rings. The number of anilines is 2. The van der Waals surface area contributed by atoms with Crippen LogP contribution in [0.4, 0.5) is 16.0 Å². The fraction of sp³-hybridized carbons (Fsp3) is 0.185. The third kappa shape index (κ3) is 4.78. The van der Waals surface area contributed by atoms with Crippen molar-refractivity contribution in [1.82, 2.24) is 20.2 Å². The number of amides is 1. The van der Waals surface area contributed by atoms with Crippen LogP contribution in [0.15, 0.2) is 71.9 Å². The molecule has 0 saturated carbocycles. The van der Waals surface area contributed by atoms with Gasteiger partial charge in [-0.3, -0.25) is 4.79 Å². The number of aromatic nitrogens is 4. The molecule has 0 unspecified atom stereocenters. The number of ether oxygens (including phenoxy) is 2. The Kier molecular flexibility index (Phi) is 6.97. The second kappa shape index (κ2) is 10.5. The first-order valence-corrected chi connectivity index (χ1v) is 12.1. The van der Waals surface area contributed by atoms with Crippen LogP contribution < -0.4 is 20.1 Å². The molecule has 194 valence electrons. The van der Waals surface area contributed by atoms with Crippen LogP contribution in [-0.2, 0) is 11.4 Å². The zero-order chi connectivity index (χ0) is 26.8. The Bertz CT molecular complexity index is 1530. The van der Waals surface area contributed by atoms with Crippen LogP contribution in [0.3, 0.4) is 0 Å². The van der Waals surface area contributed by atoms with E-state index in [1.165, 1.54) is 23.9 Å². The Morgan fingerprint density at radius 2 is 1.95 bits per heavy atom. The Balaban J connectivity index is 1.49. The topological polar surface area (TPSA) is 103 Å². The Labute approximate surface area is 223 Å². The van der Waals surface area contributed by atoms with Crippen molar-refractivity contribution in [2.24, 2.45) is 0 Å². The maximum absolute atomic E-state index is 14.2. The van der Waals surface area contributed by atoms with E-state index in [-0.39, 0.29) is 23.1 Å². The molecule has 0 aliphatic carbocycles. The van der Waals surface area contributed by atoms with E-state index in [1.807, 2.05) is 31.2 Å². The summed E-state index contributed by atoms with van der Waals surface area (Å²) >= 11 is 6.14. The highest BCUT2D eigenvalue weighted by molar-refractivity contribution is 6.31. The monoisotopic (exact) mass is 534 g/mol. The van der Waals surface area contributed by atoms with Gasteiger partial charge >= 0.3 is 0 Å². The number of benzene rings is 3. The lowest BCUT2D eigenvalue weighted by Gasteiger charge is -2.28. The molecule has 1 aliphatic heterocycles. The molecular formula is C27H24ClFN6O3. The van der Waals surface area contributed by atoms with Crippen LogP contribution in [0.5, 0.6) is 11.5 Å². The van der Waals surface area contributed by atoms with E-state index in [0.717, 1.165) is 5.56 Å². The van der Waals surface area contributed by atoms with Crippen molar-refractivity contribution in [1.29, 1.82) is 0 Å². The SMILES string of the molecule is COc1cc([C@@H]2C(C(=O)Nc3ccccc3C)=C(C)Nc3nnnn32)ccc1OCc1c(F)cccc1Cl. The molecule has 1 aromatic heterocycles. The minimum absolute atomic E-state index is 0.0885. The first kappa shape index (κ1) is 25.2. The highest BCUT2D eigenvalue weighted by atomic mass is 35.5. The van der Waals surface area contributed by atoms with Crippen LogP contribution in [0.2, 0.25) is 5.02 Å². The standard InChI is InChI=1S/C27H24ClFN6O3/c1-15-7-4-5-10-21(15)31-26(36)24-16(2)30-27-32-33-34-35(27)25(24)17-11-12-22(23(13-17)37-3)38-14-18-19(28)8-6-9-20(18)29/h4-13,25H,14H2,1-3H3,(H,31,36)(H,30,32,34)/t25-/m1/s1. The van der Waals surface area contributed by atoms with Crippen LogP contribution in [0.1, 0.15) is 29.7 Å².